The van der Waals surface area contributed by atoms with Crippen molar-refractivity contribution in [3.05, 3.63) is 35.4 Å². The number of carbonyl (C=O) groups excluding carboxylic acids is 1. The van der Waals surface area contributed by atoms with Crippen molar-refractivity contribution in [3.8, 4) is 0 Å². The molecular formula is C16H22F4N2O. The van der Waals surface area contributed by atoms with Gasteiger partial charge in [-0.1, -0.05) is 18.2 Å². The van der Waals surface area contributed by atoms with Crippen molar-refractivity contribution in [2.24, 2.45) is 0 Å². The van der Waals surface area contributed by atoms with Gasteiger partial charge in [0, 0.05) is 32.6 Å². The number of hydrogen-bond acceptors (Lipinski definition) is 2. The molecule has 130 valence electrons. The zero-order valence-corrected chi connectivity index (χ0v) is 13.5. The van der Waals surface area contributed by atoms with Crippen molar-refractivity contribution in [1.29, 1.82) is 0 Å². The van der Waals surface area contributed by atoms with Crippen LogP contribution in [0.3, 0.4) is 0 Å². The van der Waals surface area contributed by atoms with Crippen molar-refractivity contribution >= 4 is 5.91 Å². The second-order valence-corrected chi connectivity index (χ2v) is 5.58. The lowest BCUT2D eigenvalue weighted by Crippen LogP contribution is -2.40. The molecule has 0 saturated carbocycles. The number of benzene rings is 1. The highest BCUT2D eigenvalue weighted by Crippen LogP contribution is 2.32. The van der Waals surface area contributed by atoms with Gasteiger partial charge >= 0.3 is 6.18 Å². The molecule has 1 atom stereocenters. The maximum atomic E-state index is 13.0. The van der Waals surface area contributed by atoms with Crippen molar-refractivity contribution in [2.75, 3.05) is 26.8 Å². The smallest absolute Gasteiger partial charge is 0.337 e. The van der Waals surface area contributed by atoms with Gasteiger partial charge in [0.1, 0.15) is 6.67 Å². The first kappa shape index (κ1) is 19.4. The number of likely N-dealkylation sites (N-methyl/N-ethyl adjacent to an activating group) is 1. The Kier molecular flexibility index (Phi) is 7.00. The van der Waals surface area contributed by atoms with Crippen LogP contribution < -0.4 is 0 Å². The molecule has 1 rings (SSSR count). The first-order chi connectivity index (χ1) is 10.7. The van der Waals surface area contributed by atoms with Gasteiger partial charge < -0.3 is 4.90 Å². The topological polar surface area (TPSA) is 23.6 Å². The maximum absolute atomic E-state index is 13.0. The van der Waals surface area contributed by atoms with E-state index in [0.29, 0.717) is 6.54 Å². The fraction of sp³-hybridized carbons (Fsp3) is 0.562. The van der Waals surface area contributed by atoms with Crippen LogP contribution in [0.2, 0.25) is 0 Å². The molecular weight excluding hydrogens is 312 g/mol. The minimum Gasteiger partial charge on any atom is -0.337 e. The molecule has 1 aromatic rings. The molecule has 0 aromatic heterocycles. The van der Waals surface area contributed by atoms with Crippen LogP contribution in [0.1, 0.15) is 25.0 Å². The Morgan fingerprint density at radius 3 is 2.35 bits per heavy atom. The van der Waals surface area contributed by atoms with Crippen molar-refractivity contribution in [2.45, 2.75) is 32.6 Å². The molecule has 0 aliphatic carbocycles. The number of carbonyl (C=O) groups is 1. The summed E-state index contributed by atoms with van der Waals surface area (Å²) >= 11 is 0. The molecule has 0 saturated heterocycles. The van der Waals surface area contributed by atoms with Gasteiger partial charge in [0.25, 0.3) is 0 Å². The summed E-state index contributed by atoms with van der Waals surface area (Å²) < 4.78 is 51.6. The highest BCUT2D eigenvalue weighted by atomic mass is 19.4. The Labute approximate surface area is 133 Å². The fourth-order valence-corrected chi connectivity index (χ4v) is 2.10. The zero-order chi connectivity index (χ0) is 17.6. The van der Waals surface area contributed by atoms with Gasteiger partial charge in [-0.25, -0.2) is 4.39 Å². The Balaban J connectivity index is 2.84. The summed E-state index contributed by atoms with van der Waals surface area (Å²) in [6, 6.07) is 4.91. The SMILES string of the molecule is CC(=O)N(CCN(C)C(C)CF)Cc1ccccc1C(F)(F)F. The maximum Gasteiger partial charge on any atom is 0.416 e. The summed E-state index contributed by atoms with van der Waals surface area (Å²) in [7, 11) is 1.71. The van der Waals surface area contributed by atoms with Crippen LogP contribution in [0.4, 0.5) is 17.6 Å². The van der Waals surface area contributed by atoms with E-state index in [4.69, 9.17) is 0 Å². The highest BCUT2D eigenvalue weighted by molar-refractivity contribution is 5.73. The summed E-state index contributed by atoms with van der Waals surface area (Å²) in [5.74, 6) is -0.316. The molecule has 0 spiro atoms. The molecule has 0 heterocycles. The lowest BCUT2D eigenvalue weighted by molar-refractivity contribution is -0.139. The highest BCUT2D eigenvalue weighted by Gasteiger charge is 2.33. The molecule has 0 radical (unpaired) electrons. The van der Waals surface area contributed by atoms with Gasteiger partial charge in [0.15, 0.2) is 0 Å². The van der Waals surface area contributed by atoms with E-state index in [1.54, 1.807) is 18.9 Å². The van der Waals surface area contributed by atoms with Crippen LogP contribution in [-0.2, 0) is 17.5 Å². The van der Waals surface area contributed by atoms with Gasteiger partial charge in [-0.05, 0) is 25.6 Å². The van der Waals surface area contributed by atoms with Gasteiger partial charge in [-0.3, -0.25) is 9.69 Å². The summed E-state index contributed by atoms with van der Waals surface area (Å²) in [6.45, 7) is 3.00. The van der Waals surface area contributed by atoms with Gasteiger partial charge in [0.05, 0.1) is 5.56 Å². The Hall–Kier alpha value is -1.63. The minimum absolute atomic E-state index is 0.0522. The number of rotatable bonds is 7. The first-order valence-corrected chi connectivity index (χ1v) is 7.33. The summed E-state index contributed by atoms with van der Waals surface area (Å²) in [4.78, 5) is 14.8. The van der Waals surface area contributed by atoms with Crippen LogP contribution in [-0.4, -0.2) is 48.6 Å². The first-order valence-electron chi connectivity index (χ1n) is 7.33. The van der Waals surface area contributed by atoms with Crippen LogP contribution in [0.5, 0.6) is 0 Å². The average Bonchev–Trinajstić information content (AvgIpc) is 2.49. The van der Waals surface area contributed by atoms with E-state index in [1.807, 2.05) is 0 Å². The molecule has 23 heavy (non-hydrogen) atoms. The fourth-order valence-electron chi connectivity index (χ4n) is 2.10. The quantitative estimate of drug-likeness (QED) is 0.714. The third kappa shape index (κ3) is 5.82. The predicted molar refractivity (Wildman–Crippen MR) is 80.6 cm³/mol. The van der Waals surface area contributed by atoms with Gasteiger partial charge in [-0.2, -0.15) is 13.2 Å². The Morgan fingerprint density at radius 1 is 1.22 bits per heavy atom. The molecule has 0 fully saturated rings. The second-order valence-electron chi connectivity index (χ2n) is 5.58. The lowest BCUT2D eigenvalue weighted by Gasteiger charge is -2.28. The standard InChI is InChI=1S/C16H22F4N2O/c1-12(10-17)21(3)8-9-22(13(2)23)11-14-6-4-5-7-15(14)16(18,19)20/h4-7,12H,8-11H2,1-3H3. The number of hydrogen-bond donors (Lipinski definition) is 0. The third-order valence-corrected chi connectivity index (χ3v) is 3.83. The van der Waals surface area contributed by atoms with Crippen molar-refractivity contribution < 1.29 is 22.4 Å². The monoisotopic (exact) mass is 334 g/mol. The minimum atomic E-state index is -4.46. The van der Waals surface area contributed by atoms with Crippen molar-refractivity contribution in [3.63, 3.8) is 0 Å². The molecule has 1 amide bonds. The van der Waals surface area contributed by atoms with E-state index < -0.39 is 18.4 Å². The second kappa shape index (κ2) is 8.29. The van der Waals surface area contributed by atoms with E-state index >= 15 is 0 Å². The van der Waals surface area contributed by atoms with E-state index in [1.165, 1.54) is 30.0 Å². The van der Waals surface area contributed by atoms with Crippen LogP contribution in [0.25, 0.3) is 0 Å². The molecule has 0 aliphatic heterocycles. The van der Waals surface area contributed by atoms with E-state index in [0.717, 1.165) is 6.07 Å². The third-order valence-electron chi connectivity index (χ3n) is 3.83. The van der Waals surface area contributed by atoms with Gasteiger partial charge in [0.2, 0.25) is 5.91 Å². The summed E-state index contributed by atoms with van der Waals surface area (Å²) in [5.41, 5.74) is -0.687. The number of alkyl halides is 4. The van der Waals surface area contributed by atoms with Crippen molar-refractivity contribution in [1.82, 2.24) is 9.80 Å². The largest absolute Gasteiger partial charge is 0.416 e. The summed E-state index contributed by atoms with van der Waals surface area (Å²) in [6.07, 6.45) is -4.46. The number of amides is 1. The van der Waals surface area contributed by atoms with E-state index in [-0.39, 0.29) is 30.6 Å². The van der Waals surface area contributed by atoms with Crippen LogP contribution >= 0.6 is 0 Å². The summed E-state index contributed by atoms with van der Waals surface area (Å²) in [5, 5.41) is 0. The van der Waals surface area contributed by atoms with Gasteiger partial charge in [-0.15, -0.1) is 0 Å². The zero-order valence-electron chi connectivity index (χ0n) is 13.5. The molecule has 3 nitrogen and oxygen atoms in total. The van der Waals surface area contributed by atoms with Crippen LogP contribution in [0.15, 0.2) is 24.3 Å². The molecule has 0 N–H and O–H groups in total. The Bertz CT molecular complexity index is 519. The number of nitrogens with zero attached hydrogens (tertiary/aromatic N) is 2. The molecule has 7 heteroatoms. The molecule has 0 aliphatic rings. The van der Waals surface area contributed by atoms with E-state index in [2.05, 4.69) is 0 Å². The normalized spacial score (nSPS) is 13.2. The molecule has 0 bridgehead atoms. The molecule has 1 unspecified atom stereocenters. The van der Waals surface area contributed by atoms with E-state index in [9.17, 15) is 22.4 Å². The molecule has 1 aromatic carbocycles. The lowest BCUT2D eigenvalue weighted by atomic mass is 10.1. The average molecular weight is 334 g/mol. The Morgan fingerprint density at radius 2 is 1.83 bits per heavy atom. The predicted octanol–water partition coefficient (Wildman–Crippen LogP) is 3.34. The van der Waals surface area contributed by atoms with Crippen LogP contribution in [0, 0.1) is 0 Å². The number of halogens is 4.